The Bertz CT molecular complexity index is 542. The molecule has 0 amide bonds. The normalized spacial score (nSPS) is 12.3. The Kier molecular flexibility index (Phi) is 5.62. The second-order valence-electron chi connectivity index (χ2n) is 4.77. The first-order valence-corrected chi connectivity index (χ1v) is 7.78. The Balaban J connectivity index is 2.23. The third-order valence-electron chi connectivity index (χ3n) is 3.11. The molecule has 1 N–H and O–H groups in total. The Morgan fingerprint density at radius 3 is 2.60 bits per heavy atom. The zero-order chi connectivity index (χ0) is 14.4. The van der Waals surface area contributed by atoms with Crippen LogP contribution in [0.1, 0.15) is 31.9 Å². The maximum absolute atomic E-state index is 13.5. The van der Waals surface area contributed by atoms with Crippen molar-refractivity contribution in [3.63, 3.8) is 0 Å². The minimum atomic E-state index is -0.178. The van der Waals surface area contributed by atoms with Gasteiger partial charge in [-0.1, -0.05) is 36.9 Å². The van der Waals surface area contributed by atoms with Gasteiger partial charge in [-0.2, -0.15) is 0 Å². The minimum Gasteiger partial charge on any atom is -0.310 e. The highest BCUT2D eigenvalue weighted by Gasteiger charge is 2.12. The molecule has 0 fully saturated rings. The lowest BCUT2D eigenvalue weighted by atomic mass is 10.1. The lowest BCUT2D eigenvalue weighted by Gasteiger charge is -2.17. The van der Waals surface area contributed by atoms with E-state index in [1.54, 1.807) is 17.8 Å². The Morgan fingerprint density at radius 1 is 1.15 bits per heavy atom. The topological polar surface area (TPSA) is 12.0 Å². The van der Waals surface area contributed by atoms with Gasteiger partial charge in [0.1, 0.15) is 5.82 Å². The van der Waals surface area contributed by atoms with E-state index in [-0.39, 0.29) is 11.9 Å². The molecule has 0 aliphatic rings. The van der Waals surface area contributed by atoms with Crippen molar-refractivity contribution < 1.29 is 4.39 Å². The van der Waals surface area contributed by atoms with Crippen LogP contribution < -0.4 is 5.32 Å². The van der Waals surface area contributed by atoms with E-state index >= 15 is 0 Å². The summed E-state index contributed by atoms with van der Waals surface area (Å²) in [5.41, 5.74) is 1.02. The monoisotopic (exact) mass is 289 g/mol. The fraction of sp³-hybridized carbons (Fsp3) is 0.294. The predicted molar refractivity (Wildman–Crippen MR) is 83.7 cm³/mol. The summed E-state index contributed by atoms with van der Waals surface area (Å²) in [6.07, 6.45) is 1.07. The van der Waals surface area contributed by atoms with Crippen molar-refractivity contribution in [1.82, 2.24) is 5.32 Å². The summed E-state index contributed by atoms with van der Waals surface area (Å²) >= 11 is 1.68. The molecule has 0 aliphatic carbocycles. The average Bonchev–Trinajstić information content (AvgIpc) is 2.47. The summed E-state index contributed by atoms with van der Waals surface area (Å²) in [6, 6.07) is 15.4. The molecule has 1 unspecified atom stereocenters. The van der Waals surface area contributed by atoms with Crippen molar-refractivity contribution in [1.29, 1.82) is 0 Å². The van der Waals surface area contributed by atoms with Gasteiger partial charge in [-0.3, -0.25) is 0 Å². The van der Waals surface area contributed by atoms with E-state index in [4.69, 9.17) is 0 Å². The van der Waals surface area contributed by atoms with E-state index in [0.29, 0.717) is 0 Å². The summed E-state index contributed by atoms with van der Waals surface area (Å²) in [4.78, 5) is 2.27. The number of hydrogen-bond acceptors (Lipinski definition) is 2. The molecule has 0 aliphatic heterocycles. The first-order valence-electron chi connectivity index (χ1n) is 6.96. The van der Waals surface area contributed by atoms with Gasteiger partial charge < -0.3 is 5.32 Å². The van der Waals surface area contributed by atoms with E-state index in [9.17, 15) is 4.39 Å². The molecule has 0 saturated heterocycles. The highest BCUT2D eigenvalue weighted by Crippen LogP contribution is 2.33. The van der Waals surface area contributed by atoms with Crippen LogP contribution >= 0.6 is 11.8 Å². The molecular weight excluding hydrogens is 269 g/mol. The molecule has 1 nitrogen and oxygen atoms in total. The largest absolute Gasteiger partial charge is 0.310 e. The van der Waals surface area contributed by atoms with E-state index in [1.165, 1.54) is 11.0 Å². The quantitative estimate of drug-likeness (QED) is 0.799. The first kappa shape index (κ1) is 15.1. The van der Waals surface area contributed by atoms with Crippen molar-refractivity contribution in [3.8, 4) is 0 Å². The van der Waals surface area contributed by atoms with Crippen LogP contribution in [0.3, 0.4) is 0 Å². The van der Waals surface area contributed by atoms with Crippen molar-refractivity contribution >= 4 is 11.8 Å². The highest BCUT2D eigenvalue weighted by molar-refractivity contribution is 7.99. The van der Waals surface area contributed by atoms with Crippen LogP contribution in [0, 0.1) is 5.82 Å². The fourth-order valence-electron chi connectivity index (χ4n) is 2.04. The molecule has 0 saturated carbocycles. The molecule has 106 valence electrons. The van der Waals surface area contributed by atoms with Crippen molar-refractivity contribution in [2.24, 2.45) is 0 Å². The SMILES string of the molecule is CCCNC(C)c1cc(F)ccc1Sc1ccccc1. The first-order chi connectivity index (χ1) is 9.70. The van der Waals surface area contributed by atoms with Gasteiger partial charge in [0.2, 0.25) is 0 Å². The third kappa shape index (κ3) is 4.09. The van der Waals surface area contributed by atoms with Crippen molar-refractivity contribution in [3.05, 3.63) is 59.9 Å². The molecule has 0 spiro atoms. The van der Waals surface area contributed by atoms with Crippen LogP contribution in [0.25, 0.3) is 0 Å². The van der Waals surface area contributed by atoms with E-state index in [2.05, 4.69) is 31.3 Å². The van der Waals surface area contributed by atoms with Crippen LogP contribution in [-0.2, 0) is 0 Å². The lowest BCUT2D eigenvalue weighted by molar-refractivity contribution is 0.554. The molecule has 0 aromatic heterocycles. The summed E-state index contributed by atoms with van der Waals surface area (Å²) in [5.74, 6) is -0.178. The number of halogens is 1. The molecule has 2 rings (SSSR count). The van der Waals surface area contributed by atoms with Gasteiger partial charge in [0.05, 0.1) is 0 Å². The molecule has 0 bridgehead atoms. The summed E-state index contributed by atoms with van der Waals surface area (Å²) in [6.45, 7) is 5.15. The second kappa shape index (κ2) is 7.46. The molecule has 0 heterocycles. The Labute approximate surface area is 124 Å². The van der Waals surface area contributed by atoms with Crippen LogP contribution in [-0.4, -0.2) is 6.54 Å². The lowest BCUT2D eigenvalue weighted by Crippen LogP contribution is -2.20. The molecule has 2 aromatic carbocycles. The van der Waals surface area contributed by atoms with E-state index in [0.717, 1.165) is 23.4 Å². The molecule has 20 heavy (non-hydrogen) atoms. The van der Waals surface area contributed by atoms with Crippen molar-refractivity contribution in [2.45, 2.75) is 36.1 Å². The van der Waals surface area contributed by atoms with Crippen LogP contribution in [0.2, 0.25) is 0 Å². The maximum atomic E-state index is 13.5. The van der Waals surface area contributed by atoms with Gasteiger partial charge in [-0.15, -0.1) is 0 Å². The summed E-state index contributed by atoms with van der Waals surface area (Å²) in [5, 5.41) is 3.42. The Hall–Kier alpha value is -1.32. The Morgan fingerprint density at radius 2 is 1.90 bits per heavy atom. The van der Waals surface area contributed by atoms with Crippen molar-refractivity contribution in [2.75, 3.05) is 6.54 Å². The van der Waals surface area contributed by atoms with Gasteiger partial charge in [-0.05, 0) is 55.8 Å². The van der Waals surface area contributed by atoms with Gasteiger partial charge in [0.15, 0.2) is 0 Å². The van der Waals surface area contributed by atoms with Gasteiger partial charge in [-0.25, -0.2) is 4.39 Å². The second-order valence-corrected chi connectivity index (χ2v) is 5.89. The summed E-state index contributed by atoms with van der Waals surface area (Å²) < 4.78 is 13.5. The van der Waals surface area contributed by atoms with Crippen LogP contribution in [0.4, 0.5) is 4.39 Å². The molecule has 2 aromatic rings. The maximum Gasteiger partial charge on any atom is 0.123 e. The van der Waals surface area contributed by atoms with Gasteiger partial charge in [0.25, 0.3) is 0 Å². The third-order valence-corrected chi connectivity index (χ3v) is 4.21. The average molecular weight is 289 g/mol. The molecular formula is C17H20FNS. The smallest absolute Gasteiger partial charge is 0.123 e. The highest BCUT2D eigenvalue weighted by atomic mass is 32.2. The number of nitrogens with one attached hydrogen (secondary N) is 1. The zero-order valence-corrected chi connectivity index (χ0v) is 12.7. The van der Waals surface area contributed by atoms with E-state index in [1.807, 2.05) is 24.3 Å². The summed E-state index contributed by atoms with van der Waals surface area (Å²) in [7, 11) is 0. The molecule has 3 heteroatoms. The fourth-order valence-corrected chi connectivity index (χ4v) is 3.07. The van der Waals surface area contributed by atoms with Gasteiger partial charge >= 0.3 is 0 Å². The number of benzene rings is 2. The number of rotatable bonds is 6. The van der Waals surface area contributed by atoms with Crippen LogP contribution in [0.15, 0.2) is 58.3 Å². The van der Waals surface area contributed by atoms with Crippen LogP contribution in [0.5, 0.6) is 0 Å². The van der Waals surface area contributed by atoms with Gasteiger partial charge in [0, 0.05) is 15.8 Å². The predicted octanol–water partition coefficient (Wildman–Crippen LogP) is 5.04. The molecule has 1 atom stereocenters. The standard InChI is InChI=1S/C17H20FNS/c1-3-11-19-13(2)16-12-14(18)9-10-17(16)20-15-7-5-4-6-8-15/h4-10,12-13,19H,3,11H2,1-2H3. The number of hydrogen-bond donors (Lipinski definition) is 1. The zero-order valence-electron chi connectivity index (χ0n) is 11.9. The van der Waals surface area contributed by atoms with E-state index < -0.39 is 0 Å². The minimum absolute atomic E-state index is 0.150. The molecule has 0 radical (unpaired) electrons.